The Morgan fingerprint density at radius 2 is 1.79 bits per heavy atom. The Bertz CT molecular complexity index is 868. The largest absolute Gasteiger partial charge is 0.478 e. The fourth-order valence-electron chi connectivity index (χ4n) is 5.38. The van der Waals surface area contributed by atoms with Crippen LogP contribution in [0.25, 0.3) is 0 Å². The number of carboxylic acid groups (broad SMARTS) is 1. The van der Waals surface area contributed by atoms with Crippen LogP contribution in [0.2, 0.25) is 0 Å². The van der Waals surface area contributed by atoms with Crippen LogP contribution in [0.15, 0.2) is 24.3 Å². The van der Waals surface area contributed by atoms with Gasteiger partial charge >= 0.3 is 5.97 Å². The van der Waals surface area contributed by atoms with Gasteiger partial charge in [0.25, 0.3) is 0 Å². The van der Waals surface area contributed by atoms with Gasteiger partial charge < -0.3 is 20.4 Å². The van der Waals surface area contributed by atoms with Gasteiger partial charge in [0.15, 0.2) is 0 Å². The van der Waals surface area contributed by atoms with E-state index in [1.165, 1.54) is 0 Å². The van der Waals surface area contributed by atoms with E-state index >= 15 is 0 Å². The molecule has 9 heteroatoms. The number of carboxylic acids is 1. The predicted octanol–water partition coefficient (Wildman–Crippen LogP) is 0.521. The van der Waals surface area contributed by atoms with Gasteiger partial charge in [-0.15, -0.1) is 0 Å². The number of hydrogen-bond acceptors (Lipinski definition) is 6. The van der Waals surface area contributed by atoms with Gasteiger partial charge in [0.1, 0.15) is 6.04 Å². The molecule has 0 spiro atoms. The van der Waals surface area contributed by atoms with Crippen molar-refractivity contribution in [1.29, 1.82) is 0 Å². The highest BCUT2D eigenvalue weighted by molar-refractivity contribution is 5.87. The molecule has 3 atom stereocenters. The monoisotopic (exact) mass is 458 g/mol. The zero-order valence-electron chi connectivity index (χ0n) is 19.2. The minimum Gasteiger partial charge on any atom is -0.478 e. The summed E-state index contributed by atoms with van der Waals surface area (Å²) in [6.07, 6.45) is 2.99. The molecule has 0 aliphatic carbocycles. The van der Waals surface area contributed by atoms with Crippen molar-refractivity contribution in [2.75, 3.05) is 33.2 Å². The zero-order valence-corrected chi connectivity index (χ0v) is 19.2. The molecule has 0 saturated carbocycles. The summed E-state index contributed by atoms with van der Waals surface area (Å²) in [4.78, 5) is 43.0. The molecule has 3 N–H and O–H groups in total. The Morgan fingerprint density at radius 1 is 1.09 bits per heavy atom. The summed E-state index contributed by atoms with van der Waals surface area (Å²) in [6, 6.07) is 6.72. The standard InChI is InChI=1S/C24H34N4O5/c1-26-18(6-7-21(30)27-11-8-19(29)9-12-27)14-25-23(31)22-20(26)10-13-28(22)15-16-2-4-17(5-3-16)24(32)33/h2-5,18-20,22,29H,6-15H2,1H3,(H,25,31)(H,32,33)/t18-,20-,22-/m0/s1. The maximum absolute atomic E-state index is 13.0. The first kappa shape index (κ1) is 23.7. The molecule has 0 radical (unpaired) electrons. The number of nitrogens with one attached hydrogen (secondary N) is 1. The summed E-state index contributed by atoms with van der Waals surface area (Å²) in [5.74, 6) is -0.805. The number of carbonyl (C=O) groups is 3. The van der Waals surface area contributed by atoms with Crippen molar-refractivity contribution in [3.8, 4) is 0 Å². The number of benzene rings is 1. The highest BCUT2D eigenvalue weighted by Crippen LogP contribution is 2.29. The molecule has 0 aromatic heterocycles. The highest BCUT2D eigenvalue weighted by atomic mass is 16.4. The van der Waals surface area contributed by atoms with E-state index in [1.807, 2.05) is 17.0 Å². The van der Waals surface area contributed by atoms with Crippen molar-refractivity contribution in [3.05, 3.63) is 35.4 Å². The van der Waals surface area contributed by atoms with Crippen molar-refractivity contribution >= 4 is 17.8 Å². The fourth-order valence-corrected chi connectivity index (χ4v) is 5.38. The summed E-state index contributed by atoms with van der Waals surface area (Å²) < 4.78 is 0. The highest BCUT2D eigenvalue weighted by Gasteiger charge is 2.45. The lowest BCUT2D eigenvalue weighted by molar-refractivity contribution is -0.133. The molecule has 4 rings (SSSR count). The second-order valence-corrected chi connectivity index (χ2v) is 9.49. The molecule has 1 aromatic rings. The van der Waals surface area contributed by atoms with Crippen LogP contribution >= 0.6 is 0 Å². The number of nitrogens with zero attached hydrogens (tertiary/aromatic N) is 3. The third kappa shape index (κ3) is 5.37. The van der Waals surface area contributed by atoms with E-state index < -0.39 is 5.97 Å². The molecule has 0 bridgehead atoms. The van der Waals surface area contributed by atoms with Crippen LogP contribution in [0, 0.1) is 0 Å². The van der Waals surface area contributed by atoms with Crippen molar-refractivity contribution in [3.63, 3.8) is 0 Å². The van der Waals surface area contributed by atoms with E-state index in [4.69, 9.17) is 5.11 Å². The number of hydrogen-bond donors (Lipinski definition) is 3. The summed E-state index contributed by atoms with van der Waals surface area (Å²) in [7, 11) is 2.05. The van der Waals surface area contributed by atoms with Gasteiger partial charge in [-0.1, -0.05) is 12.1 Å². The number of rotatable bonds is 6. The molecule has 9 nitrogen and oxygen atoms in total. The number of aromatic carboxylic acids is 1. The minimum atomic E-state index is -0.949. The van der Waals surface area contributed by atoms with Crippen LogP contribution in [0.3, 0.4) is 0 Å². The first-order valence-corrected chi connectivity index (χ1v) is 11.8. The lowest BCUT2D eigenvalue weighted by Gasteiger charge is -2.34. The van der Waals surface area contributed by atoms with E-state index in [2.05, 4.69) is 22.2 Å². The second-order valence-electron chi connectivity index (χ2n) is 9.49. The number of likely N-dealkylation sites (tertiary alicyclic amines) is 2. The number of aliphatic hydroxyl groups is 1. The third-order valence-corrected chi connectivity index (χ3v) is 7.44. The predicted molar refractivity (Wildman–Crippen MR) is 122 cm³/mol. The van der Waals surface area contributed by atoms with Crippen molar-refractivity contribution in [2.45, 2.75) is 62.9 Å². The quantitative estimate of drug-likeness (QED) is 0.570. The van der Waals surface area contributed by atoms with Crippen LogP contribution in [-0.4, -0.2) is 100 Å². The number of carbonyl (C=O) groups excluding carboxylic acids is 2. The van der Waals surface area contributed by atoms with Crippen LogP contribution in [0.5, 0.6) is 0 Å². The maximum atomic E-state index is 13.0. The number of piperidine rings is 1. The smallest absolute Gasteiger partial charge is 0.335 e. The number of likely N-dealkylation sites (N-methyl/N-ethyl adjacent to an activating group) is 1. The van der Waals surface area contributed by atoms with Crippen molar-refractivity contribution in [2.24, 2.45) is 0 Å². The van der Waals surface area contributed by atoms with Crippen LogP contribution in [-0.2, 0) is 16.1 Å². The van der Waals surface area contributed by atoms with E-state index in [-0.39, 0.29) is 41.6 Å². The molecule has 180 valence electrons. The minimum absolute atomic E-state index is 0.0188. The zero-order chi connectivity index (χ0) is 23.5. The molecule has 3 aliphatic heterocycles. The molecular weight excluding hydrogens is 424 g/mol. The molecule has 1 aromatic carbocycles. The van der Waals surface area contributed by atoms with Gasteiger partial charge in [-0.3, -0.25) is 19.4 Å². The van der Waals surface area contributed by atoms with Gasteiger partial charge in [0.2, 0.25) is 11.8 Å². The Balaban J connectivity index is 1.36. The number of aliphatic hydroxyl groups excluding tert-OH is 1. The first-order valence-electron chi connectivity index (χ1n) is 11.8. The lowest BCUT2D eigenvalue weighted by Crippen LogP contribution is -2.49. The second kappa shape index (κ2) is 10.2. The topological polar surface area (TPSA) is 113 Å². The SMILES string of the molecule is CN1[C@@H](CCC(=O)N2CCC(O)CC2)CNC(=O)[C@@H]2[C@@H]1CCN2Cc1ccc(C(=O)O)cc1. The van der Waals surface area contributed by atoms with E-state index in [1.54, 1.807) is 12.1 Å². The Labute approximate surface area is 194 Å². The Morgan fingerprint density at radius 3 is 2.45 bits per heavy atom. The normalized spacial score (nSPS) is 27.2. The number of amides is 2. The Hall–Kier alpha value is -2.49. The average Bonchev–Trinajstić information content (AvgIpc) is 3.17. The van der Waals surface area contributed by atoms with Gasteiger partial charge in [-0.25, -0.2) is 4.79 Å². The van der Waals surface area contributed by atoms with Gasteiger partial charge in [-0.2, -0.15) is 0 Å². The molecule has 33 heavy (non-hydrogen) atoms. The molecular formula is C24H34N4O5. The van der Waals surface area contributed by atoms with Gasteiger partial charge in [0, 0.05) is 51.2 Å². The van der Waals surface area contributed by atoms with Crippen LogP contribution in [0.4, 0.5) is 0 Å². The Kier molecular flexibility index (Phi) is 7.31. The van der Waals surface area contributed by atoms with Crippen molar-refractivity contribution in [1.82, 2.24) is 20.0 Å². The van der Waals surface area contributed by atoms with E-state index in [0.717, 1.165) is 18.5 Å². The number of fused-ring (bicyclic) bond motifs is 1. The van der Waals surface area contributed by atoms with Crippen LogP contribution < -0.4 is 5.32 Å². The summed E-state index contributed by atoms with van der Waals surface area (Å²) in [5, 5.41) is 21.8. The summed E-state index contributed by atoms with van der Waals surface area (Å²) in [6.45, 7) is 3.13. The fraction of sp³-hybridized carbons (Fsp3) is 0.625. The van der Waals surface area contributed by atoms with Gasteiger partial charge in [-0.05, 0) is 50.4 Å². The molecule has 3 saturated heterocycles. The molecule has 0 unspecified atom stereocenters. The van der Waals surface area contributed by atoms with Crippen LogP contribution in [0.1, 0.15) is 48.0 Å². The molecule has 3 aliphatic rings. The molecule has 3 heterocycles. The van der Waals surface area contributed by atoms with E-state index in [9.17, 15) is 19.5 Å². The van der Waals surface area contributed by atoms with Gasteiger partial charge in [0.05, 0.1) is 11.7 Å². The third-order valence-electron chi connectivity index (χ3n) is 7.44. The summed E-state index contributed by atoms with van der Waals surface area (Å²) in [5.41, 5.74) is 1.23. The van der Waals surface area contributed by atoms with Crippen molar-refractivity contribution < 1.29 is 24.6 Å². The molecule has 3 fully saturated rings. The molecule has 2 amide bonds. The lowest BCUT2D eigenvalue weighted by atomic mass is 10.0. The summed E-state index contributed by atoms with van der Waals surface area (Å²) >= 11 is 0. The maximum Gasteiger partial charge on any atom is 0.335 e. The van der Waals surface area contributed by atoms with E-state index in [0.29, 0.717) is 51.9 Å². The first-order chi connectivity index (χ1) is 15.8. The average molecular weight is 459 g/mol.